The number of amides is 1. The minimum absolute atomic E-state index is 0.0254. The average Bonchev–Trinajstić information content (AvgIpc) is 3.55. The third kappa shape index (κ3) is 11.2. The molecule has 5 heterocycles. The van der Waals surface area contributed by atoms with Crippen molar-refractivity contribution < 1.29 is 46.0 Å². The van der Waals surface area contributed by atoms with Crippen molar-refractivity contribution >= 4 is 40.9 Å². The van der Waals surface area contributed by atoms with E-state index in [-0.39, 0.29) is 97.1 Å². The van der Waals surface area contributed by atoms with Crippen LogP contribution in [0.2, 0.25) is 5.02 Å². The van der Waals surface area contributed by atoms with E-state index in [1.54, 1.807) is 65.3 Å². The smallest absolute Gasteiger partial charge is 0.418 e. The van der Waals surface area contributed by atoms with Gasteiger partial charge in [-0.3, -0.25) is 10.2 Å². The van der Waals surface area contributed by atoms with Crippen LogP contribution in [0.15, 0.2) is 96.1 Å². The molecule has 2 aromatic heterocycles. The summed E-state index contributed by atoms with van der Waals surface area (Å²) < 4.78 is 90.1. The van der Waals surface area contributed by atoms with E-state index in [0.29, 0.717) is 28.5 Å². The van der Waals surface area contributed by atoms with Crippen molar-refractivity contribution in [1.82, 2.24) is 19.8 Å². The second-order valence-electron chi connectivity index (χ2n) is 17.9. The van der Waals surface area contributed by atoms with Crippen molar-refractivity contribution in [1.29, 1.82) is 0 Å². The summed E-state index contributed by atoms with van der Waals surface area (Å²) in [5.74, 6) is 2.12. The predicted octanol–water partition coefficient (Wildman–Crippen LogP) is 10.6. The van der Waals surface area contributed by atoms with Crippen molar-refractivity contribution in [3.05, 3.63) is 130 Å². The number of likely N-dealkylation sites (tertiary alicyclic amines) is 1. The highest BCUT2D eigenvalue weighted by molar-refractivity contribution is 6.37. The SMILES string of the molecule is COc1ccc(CN(Cc2ccc(OC)cc2)c2cc(C)c(C(F)(F)F)c(-c3cc4c5c(c3Cl)NCN=C5N(Cc3cccnc3NC(=O)OC(C)(C)C)C=C(OC[C@@H]3C[C@@H](F)CN3C)O4)n2)cc1. The molecule has 8 rings (SSSR count). The quantitative estimate of drug-likeness (QED) is 0.103. The van der Waals surface area contributed by atoms with Gasteiger partial charge in [0.1, 0.15) is 59.8 Å². The first-order chi connectivity index (χ1) is 32.9. The van der Waals surface area contributed by atoms with Crippen LogP contribution in [-0.2, 0) is 35.3 Å². The fourth-order valence-electron chi connectivity index (χ4n) is 8.43. The molecule has 69 heavy (non-hydrogen) atoms. The maximum absolute atomic E-state index is 15.5. The molecule has 364 valence electrons. The highest BCUT2D eigenvalue weighted by atomic mass is 35.5. The largest absolute Gasteiger partial charge is 0.497 e. The number of anilines is 3. The monoisotopic (exact) mass is 972 g/mol. The third-order valence-corrected chi connectivity index (χ3v) is 12.1. The molecule has 0 saturated carbocycles. The molecule has 0 bridgehead atoms. The fourth-order valence-corrected chi connectivity index (χ4v) is 8.74. The van der Waals surface area contributed by atoms with Gasteiger partial charge >= 0.3 is 18.2 Å². The van der Waals surface area contributed by atoms with Gasteiger partial charge in [0.25, 0.3) is 0 Å². The number of rotatable bonds is 14. The number of likely N-dealkylation sites (N-methyl/N-ethyl adjacent to an activating group) is 1. The number of aliphatic imine (C=N–C) groups is 1. The zero-order valence-corrected chi connectivity index (χ0v) is 40.0. The molecule has 1 saturated heterocycles. The number of carbonyl (C=O) groups excluding carboxylic acids is 1. The first-order valence-electron chi connectivity index (χ1n) is 22.2. The zero-order chi connectivity index (χ0) is 49.2. The Hall–Kier alpha value is -6.79. The lowest BCUT2D eigenvalue weighted by Gasteiger charge is -2.29. The Morgan fingerprint density at radius 2 is 1.67 bits per heavy atom. The number of alkyl halides is 4. The molecule has 0 radical (unpaired) electrons. The number of nitrogens with zero attached hydrogens (tertiary/aromatic N) is 6. The molecule has 3 aliphatic rings. The molecule has 0 spiro atoms. The molecule has 5 aromatic rings. The summed E-state index contributed by atoms with van der Waals surface area (Å²) in [5.41, 5.74) is 0.509. The van der Waals surface area contributed by atoms with Crippen molar-refractivity contribution in [2.75, 3.05) is 56.6 Å². The van der Waals surface area contributed by atoms with Crippen LogP contribution in [-0.4, -0.2) is 90.6 Å². The van der Waals surface area contributed by atoms with Gasteiger partial charge in [0.05, 0.1) is 54.5 Å². The highest BCUT2D eigenvalue weighted by Crippen LogP contribution is 2.49. The zero-order valence-electron chi connectivity index (χ0n) is 39.2. The number of nitrogens with one attached hydrogen (secondary N) is 2. The molecule has 0 aliphatic carbocycles. The Morgan fingerprint density at radius 3 is 2.26 bits per heavy atom. The average molecular weight is 973 g/mol. The summed E-state index contributed by atoms with van der Waals surface area (Å²) in [6.07, 6.45) is -3.30. The number of pyridine rings is 2. The van der Waals surface area contributed by atoms with Crippen molar-refractivity contribution in [3.8, 4) is 28.5 Å². The lowest BCUT2D eigenvalue weighted by atomic mass is 9.97. The van der Waals surface area contributed by atoms with E-state index in [0.717, 1.165) is 11.1 Å². The van der Waals surface area contributed by atoms with E-state index in [1.807, 2.05) is 58.3 Å². The molecule has 1 amide bonds. The maximum Gasteiger partial charge on any atom is 0.418 e. The fraction of sp³-hybridized carbons (Fsp3) is 0.360. The minimum Gasteiger partial charge on any atom is -0.497 e. The van der Waals surface area contributed by atoms with E-state index < -0.39 is 35.3 Å². The third-order valence-electron chi connectivity index (χ3n) is 11.7. The van der Waals surface area contributed by atoms with Gasteiger partial charge in [-0.15, -0.1) is 0 Å². The molecule has 1 fully saturated rings. The number of hydrogen-bond donors (Lipinski definition) is 2. The Morgan fingerprint density at radius 1 is 1.00 bits per heavy atom. The maximum atomic E-state index is 15.5. The van der Waals surface area contributed by atoms with Gasteiger partial charge in [-0.1, -0.05) is 41.9 Å². The Labute approximate surface area is 402 Å². The summed E-state index contributed by atoms with van der Waals surface area (Å²) >= 11 is 7.32. The van der Waals surface area contributed by atoms with E-state index in [4.69, 9.17) is 45.3 Å². The predicted molar refractivity (Wildman–Crippen MR) is 256 cm³/mol. The number of amidine groups is 1. The molecular weight excluding hydrogens is 920 g/mol. The van der Waals surface area contributed by atoms with Gasteiger partial charge in [0, 0.05) is 43.0 Å². The van der Waals surface area contributed by atoms with Crippen LogP contribution in [0.25, 0.3) is 11.3 Å². The Kier molecular flexibility index (Phi) is 14.1. The van der Waals surface area contributed by atoms with Crippen LogP contribution in [0.5, 0.6) is 17.2 Å². The van der Waals surface area contributed by atoms with Crippen molar-refractivity contribution in [2.45, 2.75) is 77.7 Å². The minimum atomic E-state index is -4.86. The first kappa shape index (κ1) is 48.7. The number of ether oxygens (including phenoxy) is 5. The summed E-state index contributed by atoms with van der Waals surface area (Å²) in [6, 6.07) is 20.8. The van der Waals surface area contributed by atoms with Gasteiger partial charge in [0.15, 0.2) is 0 Å². The van der Waals surface area contributed by atoms with Crippen molar-refractivity contribution in [3.63, 3.8) is 0 Å². The number of carbonyl (C=O) groups is 1. The van der Waals surface area contributed by atoms with Gasteiger partial charge in [-0.2, -0.15) is 13.2 Å². The summed E-state index contributed by atoms with van der Waals surface area (Å²) in [7, 11) is 4.94. The van der Waals surface area contributed by atoms with E-state index in [9.17, 15) is 9.18 Å². The molecule has 19 heteroatoms. The van der Waals surface area contributed by atoms with Crippen LogP contribution in [0.1, 0.15) is 60.6 Å². The number of aromatic nitrogens is 2. The van der Waals surface area contributed by atoms with Gasteiger partial charge in [-0.05, 0) is 100 Å². The van der Waals surface area contributed by atoms with Gasteiger partial charge in [-0.25, -0.2) is 24.1 Å². The molecule has 14 nitrogen and oxygen atoms in total. The highest BCUT2D eigenvalue weighted by Gasteiger charge is 2.40. The van der Waals surface area contributed by atoms with Crippen LogP contribution < -0.4 is 29.7 Å². The number of halogens is 5. The normalized spacial score (nSPS) is 16.8. The Bertz CT molecular complexity index is 2700. The van der Waals surface area contributed by atoms with E-state index in [1.165, 1.54) is 25.3 Å². The van der Waals surface area contributed by atoms with Crippen LogP contribution >= 0.6 is 11.6 Å². The van der Waals surface area contributed by atoms with E-state index >= 15 is 13.2 Å². The lowest BCUT2D eigenvalue weighted by Crippen LogP contribution is -2.32. The second kappa shape index (κ2) is 20.0. The van der Waals surface area contributed by atoms with Crippen LogP contribution in [0, 0.1) is 6.92 Å². The van der Waals surface area contributed by atoms with Gasteiger partial charge < -0.3 is 38.8 Å². The Balaban J connectivity index is 1.24. The molecule has 2 atom stereocenters. The summed E-state index contributed by atoms with van der Waals surface area (Å²) in [4.78, 5) is 32.5. The molecular formula is C50H53ClF4N8O6. The topological polar surface area (TPSA) is 135 Å². The standard InChI is InChI=1S/C50H53ClF4N8O6/c1-29-19-39(62(22-30-10-14-35(65-6)15-11-30)23-31-12-16-36(66-7)17-13-31)59-44(42(29)50(53,54)55)37-21-38-41-45(43(37)51)57-28-58-47(41)63(26-40(68-38)67-27-34-20-33(52)25-61(34)5)24-32-9-8-18-56-46(32)60-48(64)69-49(2,3)4/h8-19,21,26,33-34,57H,20,22-25,27-28H2,1-7H3,(H,56,60,64)/t33-,34+/m1/s1. The number of hydrogen-bond acceptors (Lipinski definition) is 13. The number of aryl methyl sites for hydroxylation is 1. The second-order valence-corrected chi connectivity index (χ2v) is 18.3. The first-order valence-corrected chi connectivity index (χ1v) is 22.6. The molecule has 3 aliphatic heterocycles. The molecule has 0 unspecified atom stereocenters. The lowest BCUT2D eigenvalue weighted by molar-refractivity contribution is -0.137. The summed E-state index contributed by atoms with van der Waals surface area (Å²) in [5, 5.41) is 5.85. The summed E-state index contributed by atoms with van der Waals surface area (Å²) in [6.45, 7) is 7.45. The van der Waals surface area contributed by atoms with Crippen LogP contribution in [0.3, 0.4) is 0 Å². The molecule has 2 N–H and O–H groups in total. The van der Waals surface area contributed by atoms with E-state index in [2.05, 4.69) is 15.6 Å². The number of methoxy groups -OCH3 is 2. The molecule has 3 aromatic carbocycles. The van der Waals surface area contributed by atoms with Gasteiger partial charge in [0.2, 0.25) is 0 Å². The number of benzene rings is 3. The van der Waals surface area contributed by atoms with Crippen LogP contribution in [0.4, 0.5) is 39.7 Å². The van der Waals surface area contributed by atoms with Crippen molar-refractivity contribution in [2.24, 2.45) is 4.99 Å².